The minimum atomic E-state index is -1.74. The standard InChI is InChI=1S/C27H28F2N6O6S/c1-3-39-27(37)18(30)13-42(38)15-5-7-20(16(11-15)25-33-8-9-35(25)2)40-23-17(28)12-34-26(22(23)29)41-21-10-14(24(31)32)4-6-19(21)36/h4-7,10-12,18,36H,3,8-9,13,30H2,1-2H3,(H3,31,32). The summed E-state index contributed by atoms with van der Waals surface area (Å²) < 4.78 is 59.4. The van der Waals surface area contributed by atoms with Crippen LogP contribution in [0.2, 0.25) is 0 Å². The quantitative estimate of drug-likeness (QED) is 0.144. The normalized spacial score (nSPS) is 14.2. The molecule has 1 aliphatic rings. The molecule has 1 aliphatic heterocycles. The van der Waals surface area contributed by atoms with Gasteiger partial charge >= 0.3 is 5.97 Å². The van der Waals surface area contributed by atoms with Gasteiger partial charge in [-0.25, -0.2) is 9.37 Å². The van der Waals surface area contributed by atoms with E-state index in [9.17, 15) is 18.5 Å². The topological polar surface area (TPSA) is 186 Å². The van der Waals surface area contributed by atoms with Crippen molar-refractivity contribution >= 4 is 28.4 Å². The number of aromatic hydroxyl groups is 1. The Morgan fingerprint density at radius 1 is 1.21 bits per heavy atom. The smallest absolute Gasteiger partial charge is 0.323 e. The Labute approximate surface area is 241 Å². The fourth-order valence-corrected chi connectivity index (χ4v) is 5.01. The number of nitrogens with one attached hydrogen (secondary N) is 1. The number of pyridine rings is 1. The number of benzene rings is 2. The van der Waals surface area contributed by atoms with Gasteiger partial charge in [-0.2, -0.15) is 4.39 Å². The number of nitrogens with zero attached hydrogens (tertiary/aromatic N) is 3. The molecule has 2 atom stereocenters. The maximum atomic E-state index is 15.5. The van der Waals surface area contributed by atoms with Crippen LogP contribution in [0.1, 0.15) is 18.1 Å². The summed E-state index contributed by atoms with van der Waals surface area (Å²) in [5, 5.41) is 17.7. The number of amidine groups is 2. The molecule has 0 saturated heterocycles. The van der Waals surface area contributed by atoms with Crippen LogP contribution in [0.5, 0.6) is 28.9 Å². The summed E-state index contributed by atoms with van der Waals surface area (Å²) >= 11 is 0. The molecule has 0 bridgehead atoms. The average molecular weight is 603 g/mol. The molecule has 3 aromatic rings. The highest BCUT2D eigenvalue weighted by Gasteiger charge is 2.26. The molecule has 0 aliphatic carbocycles. The number of nitrogens with two attached hydrogens (primary N) is 2. The number of phenolic OH excluding ortho intramolecular Hbond substituents is 1. The largest absolute Gasteiger partial charge is 0.504 e. The first-order valence-corrected chi connectivity index (χ1v) is 13.9. The van der Waals surface area contributed by atoms with Crippen molar-refractivity contribution in [2.45, 2.75) is 17.9 Å². The average Bonchev–Trinajstić information content (AvgIpc) is 3.39. The number of nitrogen functional groups attached to an aromatic ring is 1. The van der Waals surface area contributed by atoms with Gasteiger partial charge in [-0.05, 0) is 43.3 Å². The number of likely N-dealkylation sites (N-methyl/N-ethyl adjacent to an activating group) is 1. The van der Waals surface area contributed by atoms with Gasteiger partial charge in [-0.1, -0.05) is 0 Å². The highest BCUT2D eigenvalue weighted by molar-refractivity contribution is 7.85. The third kappa shape index (κ3) is 6.63. The third-order valence-corrected chi connectivity index (χ3v) is 7.46. The zero-order chi connectivity index (χ0) is 30.6. The Hall–Kier alpha value is -4.63. The number of rotatable bonds is 11. The molecule has 222 valence electrons. The van der Waals surface area contributed by atoms with Gasteiger partial charge in [-0.15, -0.1) is 0 Å². The number of hydrogen-bond acceptors (Lipinski definition) is 11. The van der Waals surface area contributed by atoms with Crippen molar-refractivity contribution < 1.29 is 37.1 Å². The van der Waals surface area contributed by atoms with Gasteiger partial charge in [0.15, 0.2) is 17.3 Å². The first kappa shape index (κ1) is 30.3. The van der Waals surface area contributed by atoms with Crippen LogP contribution >= 0.6 is 0 Å². The maximum absolute atomic E-state index is 15.5. The number of aliphatic imine (C=N–C) groups is 1. The Kier molecular flexibility index (Phi) is 9.32. The molecule has 0 fully saturated rings. The second kappa shape index (κ2) is 12.9. The van der Waals surface area contributed by atoms with Gasteiger partial charge in [0.1, 0.15) is 23.5 Å². The minimum absolute atomic E-state index is 0.0192. The SMILES string of the molecule is CCOC(=O)C(N)CS(=O)c1ccc(Oc2c(F)cnc(Oc3cc(C(=N)N)ccc3O)c2F)c(C2=NCCN2C)c1. The van der Waals surface area contributed by atoms with Gasteiger partial charge in [-0.3, -0.25) is 19.4 Å². The first-order chi connectivity index (χ1) is 20.0. The number of carbonyl (C=O) groups is 1. The summed E-state index contributed by atoms with van der Waals surface area (Å²) in [6.45, 7) is 2.77. The van der Waals surface area contributed by atoms with Crippen LogP contribution in [0, 0.1) is 17.0 Å². The Morgan fingerprint density at radius 3 is 2.64 bits per heavy atom. The summed E-state index contributed by atoms with van der Waals surface area (Å²) in [5.74, 6) is -5.54. The molecule has 0 spiro atoms. The molecule has 2 unspecified atom stereocenters. The van der Waals surface area contributed by atoms with Crippen molar-refractivity contribution in [1.29, 1.82) is 5.41 Å². The Morgan fingerprint density at radius 2 is 1.98 bits per heavy atom. The lowest BCUT2D eigenvalue weighted by Crippen LogP contribution is -2.37. The number of phenols is 1. The lowest BCUT2D eigenvalue weighted by Gasteiger charge is -2.19. The summed E-state index contributed by atoms with van der Waals surface area (Å²) in [6.07, 6.45) is 0.679. The van der Waals surface area contributed by atoms with E-state index in [0.29, 0.717) is 25.1 Å². The van der Waals surface area contributed by atoms with E-state index >= 15 is 4.39 Å². The predicted octanol–water partition coefficient (Wildman–Crippen LogP) is 2.62. The Balaban J connectivity index is 1.68. The van der Waals surface area contributed by atoms with Crippen molar-refractivity contribution in [3.63, 3.8) is 0 Å². The zero-order valence-electron chi connectivity index (χ0n) is 22.6. The monoisotopic (exact) mass is 602 g/mol. The molecule has 2 aromatic carbocycles. The number of carbonyl (C=O) groups excluding carboxylic acids is 1. The van der Waals surface area contributed by atoms with E-state index < -0.39 is 51.8 Å². The number of ether oxygens (including phenoxy) is 3. The summed E-state index contributed by atoms with van der Waals surface area (Å²) in [7, 11) is 0.0234. The van der Waals surface area contributed by atoms with Crippen molar-refractivity contribution in [1.82, 2.24) is 9.88 Å². The number of hydrogen-bond donors (Lipinski definition) is 4. The van der Waals surface area contributed by atoms with Crippen LogP contribution in [0.4, 0.5) is 8.78 Å². The van der Waals surface area contributed by atoms with Crippen molar-refractivity contribution in [2.24, 2.45) is 16.5 Å². The molecule has 1 aromatic heterocycles. The summed E-state index contributed by atoms with van der Waals surface area (Å²) in [6, 6.07) is 6.91. The van der Waals surface area contributed by atoms with Crippen molar-refractivity contribution in [3.8, 4) is 28.9 Å². The van der Waals surface area contributed by atoms with Crippen molar-refractivity contribution in [3.05, 3.63) is 65.4 Å². The molecule has 12 nitrogen and oxygen atoms in total. The number of halogens is 2. The maximum Gasteiger partial charge on any atom is 0.323 e. The van der Waals surface area contributed by atoms with Gasteiger partial charge < -0.3 is 35.7 Å². The second-order valence-corrected chi connectivity index (χ2v) is 10.5. The molecule has 4 rings (SSSR count). The van der Waals surface area contributed by atoms with Crippen LogP contribution in [0.25, 0.3) is 0 Å². The second-order valence-electron chi connectivity index (χ2n) is 9.01. The van der Waals surface area contributed by atoms with E-state index in [1.165, 1.54) is 36.4 Å². The van der Waals surface area contributed by atoms with Crippen LogP contribution in [0.15, 0.2) is 52.5 Å². The van der Waals surface area contributed by atoms with E-state index in [1.54, 1.807) is 18.9 Å². The first-order valence-electron chi connectivity index (χ1n) is 12.6. The summed E-state index contributed by atoms with van der Waals surface area (Å²) in [5.41, 5.74) is 11.8. The fourth-order valence-electron chi connectivity index (χ4n) is 3.89. The highest BCUT2D eigenvalue weighted by Crippen LogP contribution is 2.38. The van der Waals surface area contributed by atoms with Gasteiger partial charge in [0.25, 0.3) is 5.88 Å². The van der Waals surface area contributed by atoms with Gasteiger partial charge in [0.05, 0.1) is 41.5 Å². The van der Waals surface area contributed by atoms with E-state index in [2.05, 4.69) is 9.98 Å². The third-order valence-electron chi connectivity index (χ3n) is 6.02. The van der Waals surface area contributed by atoms with E-state index in [1.807, 2.05) is 0 Å². The molecule has 0 amide bonds. The molecule has 15 heteroatoms. The molecular weight excluding hydrogens is 574 g/mol. The predicted molar refractivity (Wildman–Crippen MR) is 150 cm³/mol. The van der Waals surface area contributed by atoms with E-state index in [4.69, 9.17) is 31.1 Å². The molecule has 42 heavy (non-hydrogen) atoms. The van der Waals surface area contributed by atoms with Crippen LogP contribution in [-0.2, 0) is 20.3 Å². The highest BCUT2D eigenvalue weighted by atomic mass is 32.2. The number of esters is 1. The Bertz CT molecular complexity index is 1590. The molecule has 2 heterocycles. The van der Waals surface area contributed by atoms with E-state index in [0.717, 1.165) is 0 Å². The molecule has 6 N–H and O–H groups in total. The van der Waals surface area contributed by atoms with E-state index in [-0.39, 0.29) is 45.7 Å². The fraction of sp³-hybridized carbons (Fsp3) is 0.259. The van der Waals surface area contributed by atoms with Gasteiger partial charge in [0.2, 0.25) is 11.6 Å². The van der Waals surface area contributed by atoms with Crippen LogP contribution in [0.3, 0.4) is 0 Å². The molecular formula is C27H28F2N6O6S. The van der Waals surface area contributed by atoms with Gasteiger partial charge in [0, 0.05) is 24.1 Å². The molecule has 0 radical (unpaired) electrons. The summed E-state index contributed by atoms with van der Waals surface area (Å²) in [4.78, 5) is 22.0. The zero-order valence-corrected chi connectivity index (χ0v) is 23.4. The van der Waals surface area contributed by atoms with Crippen LogP contribution < -0.4 is 20.9 Å². The van der Waals surface area contributed by atoms with Crippen molar-refractivity contribution in [2.75, 3.05) is 32.5 Å². The minimum Gasteiger partial charge on any atom is -0.504 e. The lowest BCUT2D eigenvalue weighted by molar-refractivity contribution is -0.144. The van der Waals surface area contributed by atoms with Crippen LogP contribution in [-0.4, -0.2) is 75.4 Å². The number of aromatic nitrogens is 1. The lowest BCUT2D eigenvalue weighted by atomic mass is 10.1. The molecule has 0 saturated carbocycles.